The van der Waals surface area contributed by atoms with Crippen LogP contribution in [0.1, 0.15) is 6.23 Å². The first-order valence-corrected chi connectivity index (χ1v) is 7.46. The van der Waals surface area contributed by atoms with E-state index in [2.05, 4.69) is 15.1 Å². The van der Waals surface area contributed by atoms with Crippen LogP contribution in [0.2, 0.25) is 0 Å². The van der Waals surface area contributed by atoms with Crippen molar-refractivity contribution in [2.45, 2.75) is 24.5 Å². The molecule has 3 aromatic rings. The van der Waals surface area contributed by atoms with E-state index in [1.165, 1.54) is 23.4 Å². The molecule has 0 amide bonds. The fourth-order valence-electron chi connectivity index (χ4n) is 3.08. The zero-order valence-corrected chi connectivity index (χ0v) is 12.7. The molecule has 25 heavy (non-hydrogen) atoms. The van der Waals surface area contributed by atoms with Gasteiger partial charge in [-0.3, -0.25) is 0 Å². The third-order valence-electron chi connectivity index (χ3n) is 4.27. The number of rotatable bonds is 4. The van der Waals surface area contributed by atoms with Crippen molar-refractivity contribution in [1.29, 1.82) is 0 Å². The van der Waals surface area contributed by atoms with Crippen molar-refractivity contribution in [3.05, 3.63) is 41.8 Å². The number of aromatic nitrogens is 3. The number of halogens is 1. The van der Waals surface area contributed by atoms with Gasteiger partial charge in [-0.2, -0.15) is 4.91 Å². The molecular weight excluding hydrogens is 335 g/mol. The summed E-state index contributed by atoms with van der Waals surface area (Å²) >= 11 is 0. The summed E-state index contributed by atoms with van der Waals surface area (Å²) < 4.78 is 26.4. The van der Waals surface area contributed by atoms with Crippen LogP contribution < -0.4 is 0 Å². The predicted octanol–water partition coefficient (Wildman–Crippen LogP) is 1.22. The number of nitroso groups, excluding NO2 is 1. The molecule has 4 atom stereocenters. The first kappa shape index (κ1) is 15.8. The third kappa shape index (κ3) is 2.34. The number of fused-ring (bicyclic) bond motifs is 1. The van der Waals surface area contributed by atoms with E-state index in [1.807, 2.05) is 0 Å². The Morgan fingerprint density at radius 3 is 2.92 bits per heavy atom. The largest absolute Gasteiger partial charge is 0.472 e. The van der Waals surface area contributed by atoms with E-state index in [0.29, 0.717) is 11.3 Å². The molecule has 10 heteroatoms. The Morgan fingerprint density at radius 2 is 2.24 bits per heavy atom. The first-order chi connectivity index (χ1) is 12.2. The minimum atomic E-state index is -1.30. The smallest absolute Gasteiger partial charge is 0.165 e. The van der Waals surface area contributed by atoms with Crippen molar-refractivity contribution in [3.8, 4) is 11.3 Å². The Morgan fingerprint density at radius 1 is 1.40 bits per heavy atom. The van der Waals surface area contributed by atoms with Crippen LogP contribution >= 0.6 is 0 Å². The van der Waals surface area contributed by atoms with E-state index in [4.69, 9.17) is 9.15 Å². The van der Waals surface area contributed by atoms with Crippen molar-refractivity contribution in [1.82, 2.24) is 14.5 Å². The SMILES string of the molecule is O=NC1[C@H](n2cc(F)c3c(-c4ccoc4)ncnc32)O[C@H](CO)[C@H]1O. The molecule has 0 spiro atoms. The summed E-state index contributed by atoms with van der Waals surface area (Å²) in [6.07, 6.45) is 1.82. The maximum Gasteiger partial charge on any atom is 0.165 e. The molecule has 4 heterocycles. The number of aliphatic hydroxyl groups excluding tert-OH is 2. The highest BCUT2D eigenvalue weighted by atomic mass is 19.1. The van der Waals surface area contributed by atoms with Crippen LogP contribution in [0.3, 0.4) is 0 Å². The summed E-state index contributed by atoms with van der Waals surface area (Å²) in [5.74, 6) is -0.623. The molecule has 3 aromatic heterocycles. The van der Waals surface area contributed by atoms with Gasteiger partial charge in [0.25, 0.3) is 0 Å². The summed E-state index contributed by atoms with van der Waals surface area (Å²) in [5, 5.41) is 22.3. The minimum absolute atomic E-state index is 0.124. The second-order valence-electron chi connectivity index (χ2n) is 5.65. The van der Waals surface area contributed by atoms with Gasteiger partial charge in [0.1, 0.15) is 24.2 Å². The average Bonchev–Trinajstić information content (AvgIpc) is 3.33. The quantitative estimate of drug-likeness (QED) is 0.679. The maximum absolute atomic E-state index is 14.6. The monoisotopic (exact) mass is 348 g/mol. The molecule has 1 aliphatic rings. The number of aliphatic hydroxyl groups is 2. The van der Waals surface area contributed by atoms with Gasteiger partial charge in [-0.05, 0) is 6.07 Å². The molecule has 1 unspecified atom stereocenters. The first-order valence-electron chi connectivity index (χ1n) is 7.46. The zero-order chi connectivity index (χ0) is 17.6. The van der Waals surface area contributed by atoms with Gasteiger partial charge in [0, 0.05) is 11.8 Å². The number of ether oxygens (including phenoxy) is 1. The van der Waals surface area contributed by atoms with Crippen LogP contribution in [0.25, 0.3) is 22.3 Å². The summed E-state index contributed by atoms with van der Waals surface area (Å²) in [7, 11) is 0. The third-order valence-corrected chi connectivity index (χ3v) is 4.27. The summed E-state index contributed by atoms with van der Waals surface area (Å²) in [4.78, 5) is 19.3. The van der Waals surface area contributed by atoms with Crippen molar-refractivity contribution < 1.29 is 23.8 Å². The van der Waals surface area contributed by atoms with Crippen LogP contribution in [0, 0.1) is 10.7 Å². The van der Waals surface area contributed by atoms with E-state index in [1.54, 1.807) is 6.07 Å². The Bertz CT molecular complexity index is 912. The lowest BCUT2D eigenvalue weighted by Crippen LogP contribution is -2.31. The van der Waals surface area contributed by atoms with E-state index in [0.717, 1.165) is 6.20 Å². The molecule has 9 nitrogen and oxygen atoms in total. The number of hydrogen-bond donors (Lipinski definition) is 2. The van der Waals surface area contributed by atoms with E-state index < -0.39 is 36.9 Å². The van der Waals surface area contributed by atoms with Crippen molar-refractivity contribution in [2.75, 3.05) is 6.61 Å². The van der Waals surface area contributed by atoms with Crippen LogP contribution in [-0.2, 0) is 4.74 Å². The molecule has 1 aliphatic heterocycles. The lowest BCUT2D eigenvalue weighted by Gasteiger charge is -2.16. The Hall–Kier alpha value is -2.69. The normalized spacial score (nSPS) is 26.4. The maximum atomic E-state index is 14.6. The van der Waals surface area contributed by atoms with Gasteiger partial charge in [-0.1, -0.05) is 5.18 Å². The topological polar surface area (TPSA) is 123 Å². The molecule has 1 fully saturated rings. The van der Waals surface area contributed by atoms with Gasteiger partial charge in [0.05, 0.1) is 30.2 Å². The second-order valence-corrected chi connectivity index (χ2v) is 5.65. The van der Waals surface area contributed by atoms with Gasteiger partial charge < -0.3 is 23.9 Å². The highest BCUT2D eigenvalue weighted by Crippen LogP contribution is 2.36. The summed E-state index contributed by atoms with van der Waals surface area (Å²) in [6.45, 7) is -0.499. The van der Waals surface area contributed by atoms with Gasteiger partial charge in [-0.15, -0.1) is 0 Å². The van der Waals surface area contributed by atoms with Crippen molar-refractivity contribution in [2.24, 2.45) is 5.18 Å². The zero-order valence-electron chi connectivity index (χ0n) is 12.7. The Kier molecular flexibility index (Phi) is 3.79. The predicted molar refractivity (Wildman–Crippen MR) is 81.8 cm³/mol. The number of furan rings is 1. The molecule has 0 radical (unpaired) electrons. The van der Waals surface area contributed by atoms with Crippen LogP contribution in [0.5, 0.6) is 0 Å². The molecule has 1 saturated heterocycles. The van der Waals surface area contributed by atoms with E-state index in [-0.39, 0.29) is 11.0 Å². The van der Waals surface area contributed by atoms with Crippen LogP contribution in [0.4, 0.5) is 4.39 Å². The highest BCUT2D eigenvalue weighted by molar-refractivity contribution is 5.91. The number of nitrogens with zero attached hydrogens (tertiary/aromatic N) is 4. The standard InChI is InChI=1S/C15H13FN4O5/c16-8-3-20(15-12(19-23)13(22)9(4-21)25-15)14-10(8)11(17-6-18-14)7-1-2-24-5-7/h1-3,5-6,9,12-13,15,21-22H,4H2/t9-,12?,13-,15-/m1/s1. The molecule has 0 bridgehead atoms. The molecule has 2 N–H and O–H groups in total. The fraction of sp³-hybridized carbons (Fsp3) is 0.333. The van der Waals surface area contributed by atoms with E-state index in [9.17, 15) is 19.5 Å². The Balaban J connectivity index is 1.87. The van der Waals surface area contributed by atoms with Crippen molar-refractivity contribution >= 4 is 11.0 Å². The van der Waals surface area contributed by atoms with Crippen LogP contribution in [0.15, 0.2) is 40.7 Å². The molecule has 0 aliphatic carbocycles. The molecule has 4 rings (SSSR count). The molecule has 130 valence electrons. The lowest BCUT2D eigenvalue weighted by atomic mass is 10.1. The van der Waals surface area contributed by atoms with Gasteiger partial charge in [0.2, 0.25) is 0 Å². The molecular formula is C15H13FN4O5. The lowest BCUT2D eigenvalue weighted by molar-refractivity contribution is -0.0436. The van der Waals surface area contributed by atoms with Crippen LogP contribution in [-0.4, -0.2) is 49.6 Å². The number of hydrogen-bond acceptors (Lipinski definition) is 8. The summed E-state index contributed by atoms with van der Waals surface area (Å²) in [5.41, 5.74) is 1.06. The Labute approximate surface area is 139 Å². The molecule has 0 saturated carbocycles. The average molecular weight is 348 g/mol. The van der Waals surface area contributed by atoms with Gasteiger partial charge in [-0.25, -0.2) is 14.4 Å². The minimum Gasteiger partial charge on any atom is -0.472 e. The highest BCUT2D eigenvalue weighted by Gasteiger charge is 2.46. The van der Waals surface area contributed by atoms with Gasteiger partial charge in [0.15, 0.2) is 18.1 Å². The van der Waals surface area contributed by atoms with E-state index >= 15 is 0 Å². The van der Waals surface area contributed by atoms with Crippen molar-refractivity contribution in [3.63, 3.8) is 0 Å². The van der Waals surface area contributed by atoms with Gasteiger partial charge >= 0.3 is 0 Å². The second kappa shape index (κ2) is 5.99. The molecule has 0 aromatic carbocycles. The fourth-order valence-corrected chi connectivity index (χ4v) is 3.08. The summed E-state index contributed by atoms with van der Waals surface area (Å²) in [6, 6.07) is 0.422.